The summed E-state index contributed by atoms with van der Waals surface area (Å²) in [5.41, 5.74) is 0.520. The summed E-state index contributed by atoms with van der Waals surface area (Å²) in [6, 6.07) is 9.25. The van der Waals surface area contributed by atoms with Crippen LogP contribution in [0.2, 0.25) is 5.15 Å². The van der Waals surface area contributed by atoms with Gasteiger partial charge in [0.15, 0.2) is 0 Å². The summed E-state index contributed by atoms with van der Waals surface area (Å²) in [7, 11) is 0. The Hall–Kier alpha value is -2.34. The van der Waals surface area contributed by atoms with Crippen LogP contribution >= 0.6 is 11.6 Å². The Morgan fingerprint density at radius 2 is 2.11 bits per heavy atom. The van der Waals surface area contributed by atoms with Gasteiger partial charge in [-0.05, 0) is 6.07 Å². The maximum Gasteiger partial charge on any atom is 0.276 e. The summed E-state index contributed by atoms with van der Waals surface area (Å²) in [6.45, 7) is 0.289. The molecule has 2 rings (SSSR count). The van der Waals surface area contributed by atoms with Crippen molar-refractivity contribution in [2.24, 2.45) is 0 Å². The third kappa shape index (κ3) is 3.32. The Bertz CT molecular complexity index is 619. The van der Waals surface area contributed by atoms with E-state index in [0.29, 0.717) is 5.56 Å². The van der Waals surface area contributed by atoms with E-state index in [9.17, 15) is 15.2 Å². The zero-order valence-electron chi connectivity index (χ0n) is 9.71. The number of hydrogen-bond donors (Lipinski definition) is 2. The van der Waals surface area contributed by atoms with Crippen LogP contribution in [0.1, 0.15) is 5.56 Å². The largest absolute Gasteiger partial charge is 0.508 e. The van der Waals surface area contributed by atoms with E-state index in [0.717, 1.165) is 0 Å². The molecule has 0 atom stereocenters. The molecule has 2 aromatic rings. The summed E-state index contributed by atoms with van der Waals surface area (Å²) < 4.78 is 0. The van der Waals surface area contributed by atoms with Crippen molar-refractivity contribution in [2.45, 2.75) is 6.54 Å². The molecule has 0 saturated heterocycles. The monoisotopic (exact) mass is 279 g/mol. The highest BCUT2D eigenvalue weighted by Gasteiger charge is 2.10. The lowest BCUT2D eigenvalue weighted by atomic mass is 10.2. The molecule has 0 amide bonds. The molecule has 0 aliphatic heterocycles. The average molecular weight is 280 g/mol. The molecule has 0 aliphatic carbocycles. The first-order valence-electron chi connectivity index (χ1n) is 5.39. The number of phenols is 1. The molecule has 2 N–H and O–H groups in total. The first-order valence-corrected chi connectivity index (χ1v) is 5.77. The van der Waals surface area contributed by atoms with Crippen molar-refractivity contribution < 1.29 is 10.0 Å². The predicted octanol–water partition coefficient (Wildman–Crippen LogP) is 2.96. The van der Waals surface area contributed by atoms with Crippen molar-refractivity contribution in [3.63, 3.8) is 0 Å². The zero-order chi connectivity index (χ0) is 13.8. The third-order valence-corrected chi connectivity index (χ3v) is 2.63. The van der Waals surface area contributed by atoms with E-state index in [1.54, 1.807) is 24.3 Å². The number of anilines is 1. The minimum atomic E-state index is -0.543. The summed E-state index contributed by atoms with van der Waals surface area (Å²) in [5.74, 6) is 0.425. The first kappa shape index (κ1) is 13.1. The van der Waals surface area contributed by atoms with Crippen molar-refractivity contribution in [1.82, 2.24) is 4.98 Å². The van der Waals surface area contributed by atoms with Crippen LogP contribution in [0.15, 0.2) is 36.4 Å². The molecule has 1 aromatic carbocycles. The molecule has 19 heavy (non-hydrogen) atoms. The number of aromatic hydroxyl groups is 1. The van der Waals surface area contributed by atoms with Crippen molar-refractivity contribution in [3.05, 3.63) is 57.2 Å². The number of para-hydroxylation sites is 1. The minimum absolute atomic E-state index is 0.0361. The second kappa shape index (κ2) is 5.53. The number of nitro groups is 1. The molecule has 98 valence electrons. The highest BCUT2D eigenvalue weighted by atomic mass is 35.5. The Balaban J connectivity index is 2.16. The molecule has 6 nitrogen and oxygen atoms in total. The van der Waals surface area contributed by atoms with Gasteiger partial charge in [-0.15, -0.1) is 0 Å². The van der Waals surface area contributed by atoms with Crippen molar-refractivity contribution in [3.8, 4) is 5.75 Å². The number of nitrogens with zero attached hydrogens (tertiary/aromatic N) is 2. The zero-order valence-corrected chi connectivity index (χ0v) is 10.5. The number of phenolic OH excluding ortho intramolecular Hbond substituents is 1. The smallest absolute Gasteiger partial charge is 0.276 e. The molecule has 0 spiro atoms. The first-order chi connectivity index (χ1) is 9.06. The van der Waals surface area contributed by atoms with E-state index in [-0.39, 0.29) is 29.0 Å². The molecule has 0 unspecified atom stereocenters. The van der Waals surface area contributed by atoms with E-state index >= 15 is 0 Å². The SMILES string of the molecule is O=[N+]([O-])c1cc(Cl)nc(NCc2ccccc2O)c1. The fourth-order valence-electron chi connectivity index (χ4n) is 1.53. The van der Waals surface area contributed by atoms with Crippen molar-refractivity contribution >= 4 is 23.1 Å². The standard InChI is InChI=1S/C12H10ClN3O3/c13-11-5-9(16(18)19)6-12(15-11)14-7-8-3-1-2-4-10(8)17/h1-6,17H,7H2,(H,14,15). The van der Waals surface area contributed by atoms with Gasteiger partial charge >= 0.3 is 0 Å². The molecule has 0 aliphatic rings. The van der Waals surface area contributed by atoms with Gasteiger partial charge < -0.3 is 10.4 Å². The highest BCUT2D eigenvalue weighted by Crippen LogP contribution is 2.22. The lowest BCUT2D eigenvalue weighted by Crippen LogP contribution is -2.02. The van der Waals surface area contributed by atoms with Gasteiger partial charge in [-0.3, -0.25) is 10.1 Å². The highest BCUT2D eigenvalue weighted by molar-refractivity contribution is 6.29. The third-order valence-electron chi connectivity index (χ3n) is 2.44. The number of aromatic nitrogens is 1. The van der Waals surface area contributed by atoms with Gasteiger partial charge in [0, 0.05) is 12.1 Å². The van der Waals surface area contributed by atoms with Crippen LogP contribution in [0.25, 0.3) is 0 Å². The Kier molecular flexibility index (Phi) is 3.82. The quantitative estimate of drug-likeness (QED) is 0.510. The number of benzene rings is 1. The second-order valence-corrected chi connectivity index (χ2v) is 4.16. The summed E-state index contributed by atoms with van der Waals surface area (Å²) in [4.78, 5) is 14.1. The van der Waals surface area contributed by atoms with Gasteiger partial charge in [0.2, 0.25) is 0 Å². The fraction of sp³-hybridized carbons (Fsp3) is 0.0833. The van der Waals surface area contributed by atoms with Crippen LogP contribution in [0, 0.1) is 10.1 Å². The summed E-state index contributed by atoms with van der Waals surface area (Å²) >= 11 is 5.70. The van der Waals surface area contributed by atoms with Gasteiger partial charge in [0.25, 0.3) is 5.69 Å². The second-order valence-electron chi connectivity index (χ2n) is 3.77. The molecular formula is C12H10ClN3O3. The van der Waals surface area contributed by atoms with Gasteiger partial charge in [0.1, 0.15) is 16.7 Å². The van der Waals surface area contributed by atoms with E-state index < -0.39 is 4.92 Å². The predicted molar refractivity (Wildman–Crippen MR) is 71.3 cm³/mol. The van der Waals surface area contributed by atoms with Crippen LogP contribution in [-0.2, 0) is 6.54 Å². The molecule has 0 fully saturated rings. The number of pyridine rings is 1. The maximum absolute atomic E-state index is 10.7. The number of rotatable bonds is 4. The molecule has 0 saturated carbocycles. The average Bonchev–Trinajstić information content (AvgIpc) is 2.37. The van der Waals surface area contributed by atoms with Crippen LogP contribution in [0.3, 0.4) is 0 Å². The van der Waals surface area contributed by atoms with Gasteiger partial charge in [-0.2, -0.15) is 0 Å². The maximum atomic E-state index is 10.7. The molecule has 7 heteroatoms. The minimum Gasteiger partial charge on any atom is -0.508 e. The van der Waals surface area contributed by atoms with Crippen LogP contribution in [-0.4, -0.2) is 15.0 Å². The van der Waals surface area contributed by atoms with Crippen LogP contribution in [0.4, 0.5) is 11.5 Å². The van der Waals surface area contributed by atoms with Crippen molar-refractivity contribution in [2.75, 3.05) is 5.32 Å². The number of hydrogen-bond acceptors (Lipinski definition) is 5. The topological polar surface area (TPSA) is 88.3 Å². The molecule has 0 radical (unpaired) electrons. The lowest BCUT2D eigenvalue weighted by Gasteiger charge is -2.07. The molecular weight excluding hydrogens is 270 g/mol. The van der Waals surface area contributed by atoms with Gasteiger partial charge in [0.05, 0.1) is 17.1 Å². The van der Waals surface area contributed by atoms with E-state index in [2.05, 4.69) is 10.3 Å². The Labute approximate surface area is 113 Å². The van der Waals surface area contributed by atoms with Crippen molar-refractivity contribution in [1.29, 1.82) is 0 Å². The number of halogens is 1. The summed E-state index contributed by atoms with van der Waals surface area (Å²) in [6.07, 6.45) is 0. The van der Waals surface area contributed by atoms with Crippen LogP contribution < -0.4 is 5.32 Å². The van der Waals surface area contributed by atoms with E-state index in [1.165, 1.54) is 12.1 Å². The molecule has 0 bridgehead atoms. The lowest BCUT2D eigenvalue weighted by molar-refractivity contribution is -0.384. The van der Waals surface area contributed by atoms with Gasteiger partial charge in [-0.25, -0.2) is 4.98 Å². The molecule has 1 heterocycles. The van der Waals surface area contributed by atoms with E-state index in [1.807, 2.05) is 0 Å². The number of nitrogens with one attached hydrogen (secondary N) is 1. The normalized spacial score (nSPS) is 10.2. The molecule has 1 aromatic heterocycles. The fourth-order valence-corrected chi connectivity index (χ4v) is 1.73. The Morgan fingerprint density at radius 1 is 1.37 bits per heavy atom. The van der Waals surface area contributed by atoms with Crippen LogP contribution in [0.5, 0.6) is 5.75 Å². The Morgan fingerprint density at radius 3 is 2.79 bits per heavy atom. The summed E-state index contributed by atoms with van der Waals surface area (Å²) in [5, 5.41) is 23.2. The van der Waals surface area contributed by atoms with E-state index in [4.69, 9.17) is 11.6 Å². The van der Waals surface area contributed by atoms with Gasteiger partial charge in [-0.1, -0.05) is 29.8 Å².